The standard InChI is InChI=1S/C13H17N3O.CH2O3/c1-15-11-4-2-3-5-12(11)16(13(15)17)10-6-8-14-9-7-10;2-1(3)4/h2-5,10,14H,6-9H2,1H3;(H2,2,3,4). The van der Waals surface area contributed by atoms with Gasteiger partial charge in [0.15, 0.2) is 0 Å². The molecule has 0 atom stereocenters. The second-order valence-corrected chi connectivity index (χ2v) is 4.96. The van der Waals surface area contributed by atoms with Gasteiger partial charge in [0.2, 0.25) is 0 Å². The number of benzene rings is 1. The van der Waals surface area contributed by atoms with E-state index in [9.17, 15) is 4.79 Å². The topological polar surface area (TPSA) is 96.5 Å². The predicted octanol–water partition coefficient (Wildman–Crippen LogP) is 1.49. The van der Waals surface area contributed by atoms with Gasteiger partial charge in [-0.2, -0.15) is 0 Å². The van der Waals surface area contributed by atoms with Crippen LogP contribution in [-0.4, -0.2) is 38.6 Å². The molecule has 1 aliphatic heterocycles. The molecule has 3 N–H and O–H groups in total. The number of hydrogen-bond donors (Lipinski definition) is 3. The molecule has 0 bridgehead atoms. The van der Waals surface area contributed by atoms with Gasteiger partial charge in [-0.3, -0.25) is 9.13 Å². The molecule has 1 aliphatic rings. The predicted molar refractivity (Wildman–Crippen MR) is 79.0 cm³/mol. The summed E-state index contributed by atoms with van der Waals surface area (Å²) in [6.07, 6.45) is 0.238. The molecule has 1 saturated heterocycles. The number of nitrogens with one attached hydrogen (secondary N) is 1. The van der Waals surface area contributed by atoms with Crippen molar-refractivity contribution < 1.29 is 15.0 Å². The van der Waals surface area contributed by atoms with Crippen molar-refractivity contribution in [3.8, 4) is 0 Å². The van der Waals surface area contributed by atoms with Gasteiger partial charge in [-0.15, -0.1) is 0 Å². The number of carbonyl (C=O) groups is 1. The normalized spacial score (nSPS) is 15.5. The fourth-order valence-corrected chi connectivity index (χ4v) is 2.74. The average Bonchev–Trinajstić information content (AvgIpc) is 2.72. The lowest BCUT2D eigenvalue weighted by molar-refractivity contribution is 0.137. The number of aromatic nitrogens is 2. The average molecular weight is 293 g/mol. The minimum Gasteiger partial charge on any atom is -0.450 e. The molecule has 1 fully saturated rings. The quantitative estimate of drug-likeness (QED) is 0.740. The Hall–Kier alpha value is -2.28. The molecule has 0 saturated carbocycles. The Balaban J connectivity index is 0.000000361. The summed E-state index contributed by atoms with van der Waals surface area (Å²) in [5, 5.41) is 17.3. The first-order valence-electron chi connectivity index (χ1n) is 6.81. The lowest BCUT2D eigenvalue weighted by atomic mass is 10.1. The van der Waals surface area contributed by atoms with E-state index in [1.165, 1.54) is 0 Å². The number of hydrogen-bond acceptors (Lipinski definition) is 3. The fraction of sp³-hybridized carbons (Fsp3) is 0.429. The van der Waals surface area contributed by atoms with Crippen molar-refractivity contribution in [3.63, 3.8) is 0 Å². The minimum absolute atomic E-state index is 0.109. The van der Waals surface area contributed by atoms with Gasteiger partial charge in [-0.05, 0) is 38.1 Å². The highest BCUT2D eigenvalue weighted by Gasteiger charge is 2.20. The number of piperidine rings is 1. The lowest BCUT2D eigenvalue weighted by Crippen LogP contribution is -2.34. The highest BCUT2D eigenvalue weighted by molar-refractivity contribution is 5.76. The number of nitrogens with zero attached hydrogens (tertiary/aromatic N) is 2. The first-order valence-corrected chi connectivity index (χ1v) is 6.81. The number of aryl methyl sites for hydroxylation is 1. The summed E-state index contributed by atoms with van der Waals surface area (Å²) in [6, 6.07) is 8.37. The van der Waals surface area contributed by atoms with Crippen LogP contribution < -0.4 is 11.0 Å². The van der Waals surface area contributed by atoms with E-state index in [1.54, 1.807) is 4.57 Å². The molecule has 0 amide bonds. The van der Waals surface area contributed by atoms with Crippen molar-refractivity contribution in [1.29, 1.82) is 0 Å². The van der Waals surface area contributed by atoms with Crippen molar-refractivity contribution >= 4 is 17.2 Å². The van der Waals surface area contributed by atoms with E-state index >= 15 is 0 Å². The molecule has 1 aromatic heterocycles. The van der Waals surface area contributed by atoms with Crippen LogP contribution in [0, 0.1) is 0 Å². The summed E-state index contributed by atoms with van der Waals surface area (Å²) in [7, 11) is 1.85. The smallest absolute Gasteiger partial charge is 0.450 e. The molecular formula is C14H19N3O4. The summed E-state index contributed by atoms with van der Waals surface area (Å²) in [4.78, 5) is 20.8. The zero-order chi connectivity index (χ0) is 15.4. The third-order valence-electron chi connectivity index (χ3n) is 3.67. The maximum Gasteiger partial charge on any atom is 0.503 e. The number of fused-ring (bicyclic) bond motifs is 1. The molecule has 114 valence electrons. The summed E-state index contributed by atoms with van der Waals surface area (Å²) in [5.41, 5.74) is 2.20. The largest absolute Gasteiger partial charge is 0.503 e. The molecule has 2 aromatic rings. The van der Waals surface area contributed by atoms with Gasteiger partial charge >= 0.3 is 11.8 Å². The van der Waals surface area contributed by atoms with Gasteiger partial charge in [0.1, 0.15) is 0 Å². The minimum atomic E-state index is -1.83. The van der Waals surface area contributed by atoms with E-state index in [0.29, 0.717) is 6.04 Å². The number of para-hydroxylation sites is 2. The monoisotopic (exact) mass is 293 g/mol. The van der Waals surface area contributed by atoms with Crippen LogP contribution in [0.4, 0.5) is 4.79 Å². The molecular weight excluding hydrogens is 274 g/mol. The van der Waals surface area contributed by atoms with Crippen LogP contribution in [0.5, 0.6) is 0 Å². The maximum atomic E-state index is 12.3. The Kier molecular flexibility index (Phi) is 4.64. The van der Waals surface area contributed by atoms with Crippen molar-refractivity contribution in [1.82, 2.24) is 14.5 Å². The fourth-order valence-electron chi connectivity index (χ4n) is 2.74. The van der Waals surface area contributed by atoms with Gasteiger partial charge in [0.25, 0.3) is 0 Å². The second-order valence-electron chi connectivity index (χ2n) is 4.96. The zero-order valence-electron chi connectivity index (χ0n) is 11.8. The molecule has 7 nitrogen and oxygen atoms in total. The molecule has 7 heteroatoms. The van der Waals surface area contributed by atoms with Crippen LogP contribution in [0.1, 0.15) is 18.9 Å². The molecule has 0 radical (unpaired) electrons. The van der Waals surface area contributed by atoms with Gasteiger partial charge < -0.3 is 15.5 Å². The molecule has 3 rings (SSSR count). The Morgan fingerprint density at radius 1 is 1.19 bits per heavy atom. The highest BCUT2D eigenvalue weighted by atomic mass is 16.6. The third-order valence-corrected chi connectivity index (χ3v) is 3.67. The number of rotatable bonds is 1. The van der Waals surface area contributed by atoms with Crippen LogP contribution in [0.25, 0.3) is 11.0 Å². The molecule has 0 unspecified atom stereocenters. The van der Waals surface area contributed by atoms with E-state index in [2.05, 4.69) is 5.32 Å². The van der Waals surface area contributed by atoms with E-state index in [-0.39, 0.29) is 5.69 Å². The third kappa shape index (κ3) is 3.25. The van der Waals surface area contributed by atoms with Crippen molar-refractivity contribution in [2.24, 2.45) is 7.05 Å². The summed E-state index contributed by atoms with van der Waals surface area (Å²) in [6.45, 7) is 2.00. The molecule has 2 heterocycles. The highest BCUT2D eigenvalue weighted by Crippen LogP contribution is 2.22. The Morgan fingerprint density at radius 2 is 1.71 bits per heavy atom. The van der Waals surface area contributed by atoms with Gasteiger partial charge in [-0.25, -0.2) is 9.59 Å². The van der Waals surface area contributed by atoms with E-state index < -0.39 is 6.16 Å². The van der Waals surface area contributed by atoms with E-state index in [0.717, 1.165) is 37.0 Å². The Bertz CT molecular complexity index is 679. The van der Waals surface area contributed by atoms with Crippen LogP contribution in [0.3, 0.4) is 0 Å². The van der Waals surface area contributed by atoms with Crippen LogP contribution in [-0.2, 0) is 7.05 Å². The molecule has 0 spiro atoms. The molecule has 0 aliphatic carbocycles. The SMILES string of the molecule is Cn1c(=O)n(C2CCNCC2)c2ccccc21.O=C(O)O. The summed E-state index contributed by atoms with van der Waals surface area (Å²) < 4.78 is 3.72. The summed E-state index contributed by atoms with van der Waals surface area (Å²) in [5.74, 6) is 0. The molecule has 1 aromatic carbocycles. The summed E-state index contributed by atoms with van der Waals surface area (Å²) >= 11 is 0. The first-order chi connectivity index (χ1) is 10.0. The molecule has 21 heavy (non-hydrogen) atoms. The second kappa shape index (κ2) is 6.45. The van der Waals surface area contributed by atoms with Gasteiger partial charge in [-0.1, -0.05) is 12.1 Å². The van der Waals surface area contributed by atoms with Crippen LogP contribution in [0.15, 0.2) is 29.1 Å². The van der Waals surface area contributed by atoms with Crippen LogP contribution in [0.2, 0.25) is 0 Å². The van der Waals surface area contributed by atoms with Crippen molar-refractivity contribution in [2.75, 3.05) is 13.1 Å². The van der Waals surface area contributed by atoms with Crippen molar-refractivity contribution in [3.05, 3.63) is 34.7 Å². The Labute approximate surface area is 121 Å². The first kappa shape index (κ1) is 15.1. The van der Waals surface area contributed by atoms with E-state index in [1.807, 2.05) is 35.9 Å². The van der Waals surface area contributed by atoms with E-state index in [4.69, 9.17) is 15.0 Å². The zero-order valence-corrected chi connectivity index (χ0v) is 11.8. The van der Waals surface area contributed by atoms with Crippen LogP contribution >= 0.6 is 0 Å². The lowest BCUT2D eigenvalue weighted by Gasteiger charge is -2.23. The van der Waals surface area contributed by atoms with Gasteiger partial charge in [0, 0.05) is 13.1 Å². The number of imidazole rings is 1. The Morgan fingerprint density at radius 3 is 2.29 bits per heavy atom. The van der Waals surface area contributed by atoms with Crippen molar-refractivity contribution in [2.45, 2.75) is 18.9 Å². The maximum absolute atomic E-state index is 12.3. The van der Waals surface area contributed by atoms with Gasteiger partial charge in [0.05, 0.1) is 11.0 Å². The number of carboxylic acid groups (broad SMARTS) is 2.